The molecule has 0 radical (unpaired) electrons. The van der Waals surface area contributed by atoms with Gasteiger partial charge in [-0.05, 0) is 43.7 Å². The van der Waals surface area contributed by atoms with Gasteiger partial charge in [-0.25, -0.2) is 9.69 Å². The summed E-state index contributed by atoms with van der Waals surface area (Å²) in [5.74, 6) is -1.94. The van der Waals surface area contributed by atoms with Crippen molar-refractivity contribution in [2.45, 2.75) is 32.3 Å². The summed E-state index contributed by atoms with van der Waals surface area (Å²) in [6.45, 7) is 3.84. The highest BCUT2D eigenvalue weighted by molar-refractivity contribution is 6.24. The Hall–Kier alpha value is -3.15. The molecule has 0 unspecified atom stereocenters. The minimum atomic E-state index is -1.18. The van der Waals surface area contributed by atoms with Crippen LogP contribution in [0.3, 0.4) is 0 Å². The van der Waals surface area contributed by atoms with Gasteiger partial charge in [0.2, 0.25) is 11.8 Å². The molecule has 1 fully saturated rings. The van der Waals surface area contributed by atoms with E-state index in [0.29, 0.717) is 11.3 Å². The van der Waals surface area contributed by atoms with E-state index in [-0.39, 0.29) is 23.8 Å². The molecule has 6 heteroatoms. The van der Waals surface area contributed by atoms with E-state index >= 15 is 0 Å². The summed E-state index contributed by atoms with van der Waals surface area (Å²) in [5.41, 5.74) is 0.738. The van der Waals surface area contributed by atoms with Crippen LogP contribution >= 0.6 is 0 Å². The number of aromatic carboxylic acids is 1. The van der Waals surface area contributed by atoms with Gasteiger partial charge in [-0.2, -0.15) is 0 Å². The second-order valence-electron chi connectivity index (χ2n) is 6.38. The first-order valence-electron chi connectivity index (χ1n) is 8.34. The van der Waals surface area contributed by atoms with Gasteiger partial charge in [-0.15, -0.1) is 0 Å². The Labute approximate surface area is 151 Å². The van der Waals surface area contributed by atoms with Crippen LogP contribution in [0.1, 0.15) is 42.1 Å². The Kier molecular flexibility index (Phi) is 4.75. The van der Waals surface area contributed by atoms with Crippen molar-refractivity contribution < 1.29 is 24.2 Å². The van der Waals surface area contributed by atoms with E-state index in [4.69, 9.17) is 4.74 Å². The van der Waals surface area contributed by atoms with E-state index in [1.54, 1.807) is 36.4 Å². The van der Waals surface area contributed by atoms with Gasteiger partial charge in [0, 0.05) is 6.42 Å². The molecule has 26 heavy (non-hydrogen) atoms. The first kappa shape index (κ1) is 17.7. The van der Waals surface area contributed by atoms with Crippen LogP contribution in [0.4, 0.5) is 5.69 Å². The van der Waals surface area contributed by atoms with E-state index in [0.717, 1.165) is 4.90 Å². The highest BCUT2D eigenvalue weighted by Crippen LogP contribution is 2.35. The van der Waals surface area contributed by atoms with E-state index in [9.17, 15) is 19.5 Å². The maximum absolute atomic E-state index is 12.8. The first-order chi connectivity index (χ1) is 12.4. The maximum Gasteiger partial charge on any atom is 0.337 e. The summed E-state index contributed by atoms with van der Waals surface area (Å²) >= 11 is 0. The fourth-order valence-electron chi connectivity index (χ4n) is 3.05. The van der Waals surface area contributed by atoms with Gasteiger partial charge < -0.3 is 9.84 Å². The normalized spacial score (nSPS) is 17.0. The minimum Gasteiger partial charge on any atom is -0.491 e. The van der Waals surface area contributed by atoms with E-state index in [1.165, 1.54) is 12.1 Å². The first-order valence-corrected chi connectivity index (χ1v) is 8.34. The predicted octanol–water partition coefficient (Wildman–Crippen LogP) is 3.22. The van der Waals surface area contributed by atoms with E-state index in [2.05, 4.69) is 0 Å². The van der Waals surface area contributed by atoms with Crippen LogP contribution in [0.15, 0.2) is 48.5 Å². The van der Waals surface area contributed by atoms with Crippen molar-refractivity contribution in [3.05, 3.63) is 59.7 Å². The zero-order valence-corrected chi connectivity index (χ0v) is 14.5. The number of ether oxygens (including phenoxy) is 1. The van der Waals surface area contributed by atoms with Crippen LogP contribution in [-0.4, -0.2) is 29.0 Å². The van der Waals surface area contributed by atoms with Gasteiger partial charge >= 0.3 is 5.97 Å². The summed E-state index contributed by atoms with van der Waals surface area (Å²) in [6, 6.07) is 13.1. The Morgan fingerprint density at radius 1 is 1.12 bits per heavy atom. The zero-order chi connectivity index (χ0) is 18.8. The molecule has 1 heterocycles. The van der Waals surface area contributed by atoms with Crippen LogP contribution in [-0.2, 0) is 9.59 Å². The third-order valence-electron chi connectivity index (χ3n) is 4.18. The molecule has 1 N–H and O–H groups in total. The number of carbonyl (C=O) groups is 3. The molecule has 0 aliphatic carbocycles. The number of amides is 2. The molecule has 2 amide bonds. The lowest BCUT2D eigenvalue weighted by molar-refractivity contribution is -0.121. The van der Waals surface area contributed by atoms with Crippen LogP contribution in [0, 0.1) is 0 Å². The molecule has 2 aromatic carbocycles. The molecule has 1 aliphatic rings. The summed E-state index contributed by atoms with van der Waals surface area (Å²) in [7, 11) is 0. The molecular formula is C20H19NO5. The van der Waals surface area contributed by atoms with Gasteiger partial charge in [0.1, 0.15) is 5.75 Å². The van der Waals surface area contributed by atoms with Crippen molar-refractivity contribution in [1.82, 2.24) is 0 Å². The lowest BCUT2D eigenvalue weighted by atomic mass is 9.97. The highest BCUT2D eigenvalue weighted by Gasteiger charge is 2.41. The number of hydrogen-bond donors (Lipinski definition) is 1. The molecule has 3 rings (SSSR count). The van der Waals surface area contributed by atoms with Gasteiger partial charge in [-0.3, -0.25) is 9.59 Å². The quantitative estimate of drug-likeness (QED) is 0.835. The third kappa shape index (κ3) is 3.31. The predicted molar refractivity (Wildman–Crippen MR) is 95.5 cm³/mol. The van der Waals surface area contributed by atoms with Gasteiger partial charge in [0.15, 0.2) is 0 Å². The number of carboxylic acid groups (broad SMARTS) is 1. The number of carboxylic acids is 1. The Bertz CT molecular complexity index is 857. The molecule has 1 aliphatic heterocycles. The molecule has 0 bridgehead atoms. The van der Waals surface area contributed by atoms with Crippen molar-refractivity contribution >= 4 is 23.5 Å². The van der Waals surface area contributed by atoms with Gasteiger partial charge in [0.25, 0.3) is 0 Å². The number of hydrogen-bond acceptors (Lipinski definition) is 4. The fourth-order valence-corrected chi connectivity index (χ4v) is 3.05. The van der Waals surface area contributed by atoms with Crippen LogP contribution in [0.5, 0.6) is 5.75 Å². The van der Waals surface area contributed by atoms with Crippen LogP contribution in [0.2, 0.25) is 0 Å². The van der Waals surface area contributed by atoms with Crippen molar-refractivity contribution in [1.29, 1.82) is 0 Å². The standard InChI is InChI=1S/C20H19NO5/c1-12(2)26-14-9-7-13(8-10-14)16-11-18(22)21(19(16)23)17-6-4-3-5-15(17)20(24)25/h3-10,12,16H,11H2,1-2H3,(H,24,25)/t16-/m0/s1. The number of para-hydroxylation sites is 1. The second-order valence-corrected chi connectivity index (χ2v) is 6.38. The van der Waals surface area contributed by atoms with Gasteiger partial charge in [-0.1, -0.05) is 24.3 Å². The number of anilines is 1. The van der Waals surface area contributed by atoms with E-state index < -0.39 is 23.7 Å². The van der Waals surface area contributed by atoms with Crippen molar-refractivity contribution in [2.24, 2.45) is 0 Å². The number of imide groups is 1. The largest absolute Gasteiger partial charge is 0.491 e. The molecule has 1 atom stereocenters. The Morgan fingerprint density at radius 3 is 2.38 bits per heavy atom. The third-order valence-corrected chi connectivity index (χ3v) is 4.18. The fraction of sp³-hybridized carbons (Fsp3) is 0.250. The molecule has 0 aromatic heterocycles. The molecule has 0 spiro atoms. The Balaban J connectivity index is 1.89. The van der Waals surface area contributed by atoms with Crippen molar-refractivity contribution in [3.8, 4) is 5.75 Å². The molecule has 2 aromatic rings. The average molecular weight is 353 g/mol. The molecule has 1 saturated heterocycles. The number of carbonyl (C=O) groups excluding carboxylic acids is 2. The molecule has 6 nitrogen and oxygen atoms in total. The molecule has 0 saturated carbocycles. The van der Waals surface area contributed by atoms with E-state index in [1.807, 2.05) is 13.8 Å². The maximum atomic E-state index is 12.8. The summed E-state index contributed by atoms with van der Waals surface area (Å²) in [6.07, 6.45) is 0.0514. The summed E-state index contributed by atoms with van der Waals surface area (Å²) in [5, 5.41) is 9.32. The lowest BCUT2D eigenvalue weighted by Crippen LogP contribution is -2.31. The second kappa shape index (κ2) is 7.00. The lowest BCUT2D eigenvalue weighted by Gasteiger charge is -2.17. The average Bonchev–Trinajstić information content (AvgIpc) is 2.89. The number of nitrogens with zero attached hydrogens (tertiary/aromatic N) is 1. The minimum absolute atomic E-state index is 0.0111. The topological polar surface area (TPSA) is 83.9 Å². The van der Waals surface area contributed by atoms with Crippen molar-refractivity contribution in [3.63, 3.8) is 0 Å². The molecular weight excluding hydrogens is 334 g/mol. The van der Waals surface area contributed by atoms with Crippen molar-refractivity contribution in [2.75, 3.05) is 4.90 Å². The van der Waals surface area contributed by atoms with Crippen LogP contribution < -0.4 is 9.64 Å². The Morgan fingerprint density at radius 2 is 1.77 bits per heavy atom. The van der Waals surface area contributed by atoms with Crippen LogP contribution in [0.25, 0.3) is 0 Å². The number of rotatable bonds is 5. The number of benzene rings is 2. The SMILES string of the molecule is CC(C)Oc1ccc([C@@H]2CC(=O)N(c3ccccc3C(=O)O)C2=O)cc1. The van der Waals surface area contributed by atoms with Gasteiger partial charge in [0.05, 0.1) is 23.3 Å². The highest BCUT2D eigenvalue weighted by atomic mass is 16.5. The summed E-state index contributed by atoms with van der Waals surface area (Å²) in [4.78, 5) is 37.7. The summed E-state index contributed by atoms with van der Waals surface area (Å²) < 4.78 is 5.58. The monoisotopic (exact) mass is 353 g/mol. The molecule has 134 valence electrons. The smallest absolute Gasteiger partial charge is 0.337 e. The zero-order valence-electron chi connectivity index (χ0n) is 14.5.